The van der Waals surface area contributed by atoms with E-state index in [0.29, 0.717) is 23.6 Å². The van der Waals surface area contributed by atoms with Crippen LogP contribution in [0.15, 0.2) is 35.7 Å². The van der Waals surface area contributed by atoms with Crippen LogP contribution in [0.2, 0.25) is 0 Å². The molecule has 6 nitrogen and oxygen atoms in total. The Bertz CT molecular complexity index is 785. The second-order valence-electron chi connectivity index (χ2n) is 6.58. The van der Waals surface area contributed by atoms with E-state index in [0.717, 1.165) is 24.2 Å². The van der Waals surface area contributed by atoms with Gasteiger partial charge >= 0.3 is 6.09 Å². The lowest BCUT2D eigenvalue weighted by molar-refractivity contribution is 0.0106. The molecule has 1 N–H and O–H groups in total. The second kappa shape index (κ2) is 4.35. The van der Waals surface area contributed by atoms with Gasteiger partial charge < -0.3 is 14.2 Å². The van der Waals surface area contributed by atoms with Gasteiger partial charge in [-0.1, -0.05) is 0 Å². The number of nitrogens with zero attached hydrogens (tertiary/aromatic N) is 1. The number of hydrogen-bond donors (Lipinski definition) is 1. The number of rotatable bonds is 2. The molecule has 3 heterocycles. The van der Waals surface area contributed by atoms with Gasteiger partial charge in [0, 0.05) is 18.5 Å². The first kappa shape index (κ1) is 13.1. The van der Waals surface area contributed by atoms with Crippen molar-refractivity contribution in [2.75, 3.05) is 5.32 Å². The summed E-state index contributed by atoms with van der Waals surface area (Å²) in [6.07, 6.45) is 7.65. The summed E-state index contributed by atoms with van der Waals surface area (Å²) in [7, 11) is 0. The molecular formula is C17H16N2O4. The molecular weight excluding hydrogens is 296 g/mol. The number of carbonyl (C=O) groups is 1. The quantitative estimate of drug-likeness (QED) is 0.909. The van der Waals surface area contributed by atoms with E-state index in [1.165, 1.54) is 5.57 Å². The zero-order valence-corrected chi connectivity index (χ0v) is 12.7. The van der Waals surface area contributed by atoms with E-state index in [-0.39, 0.29) is 12.2 Å². The summed E-state index contributed by atoms with van der Waals surface area (Å²) >= 11 is 0. The highest BCUT2D eigenvalue weighted by Crippen LogP contribution is 2.57. The normalized spacial score (nSPS) is 33.3. The summed E-state index contributed by atoms with van der Waals surface area (Å²) in [4.78, 5) is 15.4. The van der Waals surface area contributed by atoms with Gasteiger partial charge in [0.15, 0.2) is 0 Å². The van der Waals surface area contributed by atoms with Gasteiger partial charge in [-0.15, -0.1) is 0 Å². The third kappa shape index (κ3) is 1.98. The zero-order valence-electron chi connectivity index (χ0n) is 12.7. The van der Waals surface area contributed by atoms with Crippen LogP contribution in [0.4, 0.5) is 10.6 Å². The van der Waals surface area contributed by atoms with Crippen LogP contribution < -0.4 is 10.1 Å². The van der Waals surface area contributed by atoms with Crippen molar-refractivity contribution in [1.29, 1.82) is 0 Å². The summed E-state index contributed by atoms with van der Waals surface area (Å²) in [5.74, 6) is 2.53. The van der Waals surface area contributed by atoms with E-state index in [4.69, 9.17) is 14.2 Å². The average Bonchev–Trinajstić information content (AvgIpc) is 3.21. The van der Waals surface area contributed by atoms with Crippen LogP contribution in [0, 0.1) is 5.92 Å². The highest BCUT2D eigenvalue weighted by Gasteiger charge is 2.57. The maximum atomic E-state index is 11.3. The lowest BCUT2D eigenvalue weighted by Gasteiger charge is -2.30. The molecule has 2 fully saturated rings. The van der Waals surface area contributed by atoms with Crippen LogP contribution >= 0.6 is 0 Å². The monoisotopic (exact) mass is 312 g/mol. The highest BCUT2D eigenvalue weighted by atomic mass is 16.6. The van der Waals surface area contributed by atoms with Gasteiger partial charge in [0.2, 0.25) is 0 Å². The van der Waals surface area contributed by atoms with Crippen LogP contribution in [0.5, 0.6) is 5.75 Å². The molecule has 0 bridgehead atoms. The van der Waals surface area contributed by atoms with Gasteiger partial charge in [0.25, 0.3) is 0 Å². The number of allylic oxidation sites excluding steroid dienone is 1. The third-order valence-corrected chi connectivity index (χ3v) is 4.95. The molecule has 6 heteroatoms. The van der Waals surface area contributed by atoms with E-state index in [1.807, 2.05) is 0 Å². The van der Waals surface area contributed by atoms with Gasteiger partial charge in [0.05, 0.1) is 17.3 Å². The first-order valence-electron chi connectivity index (χ1n) is 7.82. The Labute approximate surface area is 133 Å². The number of fused-ring (bicyclic) bond motifs is 4. The predicted molar refractivity (Wildman–Crippen MR) is 80.8 cm³/mol. The van der Waals surface area contributed by atoms with Crippen molar-refractivity contribution in [2.24, 2.45) is 5.92 Å². The molecule has 2 aliphatic carbocycles. The zero-order chi connectivity index (χ0) is 15.6. The molecule has 2 aliphatic heterocycles. The minimum absolute atomic E-state index is 0.158. The van der Waals surface area contributed by atoms with Crippen LogP contribution in [-0.4, -0.2) is 22.8 Å². The van der Waals surface area contributed by atoms with Gasteiger partial charge in [0.1, 0.15) is 23.9 Å². The number of amides is 1. The molecule has 1 saturated heterocycles. The number of cyclic esters (lactones) is 1. The van der Waals surface area contributed by atoms with Crippen molar-refractivity contribution in [2.45, 2.75) is 38.1 Å². The fourth-order valence-electron chi connectivity index (χ4n) is 3.64. The van der Waals surface area contributed by atoms with Gasteiger partial charge in [-0.05, 0) is 37.1 Å². The van der Waals surface area contributed by atoms with Crippen LogP contribution in [-0.2, 0) is 16.1 Å². The topological polar surface area (TPSA) is 69.7 Å². The largest absolute Gasteiger partial charge is 0.457 e. The average molecular weight is 312 g/mol. The van der Waals surface area contributed by atoms with Gasteiger partial charge in [-0.2, -0.15) is 0 Å². The van der Waals surface area contributed by atoms with E-state index in [9.17, 15) is 4.79 Å². The molecule has 0 radical (unpaired) electrons. The molecule has 1 saturated carbocycles. The molecule has 118 valence electrons. The van der Waals surface area contributed by atoms with Crippen molar-refractivity contribution in [3.63, 3.8) is 0 Å². The number of nitrogens with one attached hydrogen (secondary N) is 1. The Hall–Kier alpha value is -2.34. The third-order valence-electron chi connectivity index (χ3n) is 4.95. The molecule has 0 spiro atoms. The molecule has 1 unspecified atom stereocenters. The molecule has 0 aromatic carbocycles. The molecule has 1 aromatic rings. The molecule has 1 amide bonds. The van der Waals surface area contributed by atoms with E-state index < -0.39 is 6.09 Å². The van der Waals surface area contributed by atoms with E-state index in [1.54, 1.807) is 12.3 Å². The summed E-state index contributed by atoms with van der Waals surface area (Å²) in [6.45, 7) is 2.32. The number of carbonyl (C=O) groups excluding carboxylic acids is 1. The summed E-state index contributed by atoms with van der Waals surface area (Å²) < 4.78 is 17.2. The van der Waals surface area contributed by atoms with Gasteiger partial charge in [-0.3, -0.25) is 5.32 Å². The Kier molecular flexibility index (Phi) is 2.48. The van der Waals surface area contributed by atoms with Crippen LogP contribution in [0.1, 0.15) is 25.3 Å². The molecule has 4 aliphatic rings. The number of anilines is 1. The maximum absolute atomic E-state index is 11.3. The summed E-state index contributed by atoms with van der Waals surface area (Å²) in [6, 6.07) is 1.79. The number of pyridine rings is 1. The second-order valence-corrected chi connectivity index (χ2v) is 6.58. The molecule has 23 heavy (non-hydrogen) atoms. The SMILES string of the molecule is CC12CC=C(Oc3ccnc4c3COC(=O)N4)C=C1[C@H]1C[C@H]1O2. The smallest absolute Gasteiger partial charge is 0.413 e. The van der Waals surface area contributed by atoms with Crippen LogP contribution in [0.25, 0.3) is 0 Å². The fourth-order valence-corrected chi connectivity index (χ4v) is 3.64. The minimum atomic E-state index is -0.486. The van der Waals surface area contributed by atoms with Crippen molar-refractivity contribution in [3.05, 3.63) is 41.3 Å². The maximum Gasteiger partial charge on any atom is 0.413 e. The standard InChI is InChI=1S/C17H16N2O4/c1-17-4-2-9(6-12(17)10-7-14(10)23-17)22-13-3-5-18-15-11(13)8-21-16(20)19-15/h2-3,5-6,10,14H,4,7-8H2,1H3,(H,18,19,20)/t10-,14-,17?/m1/s1. The lowest BCUT2D eigenvalue weighted by Crippen LogP contribution is -2.30. The van der Waals surface area contributed by atoms with E-state index >= 15 is 0 Å². The fraction of sp³-hybridized carbons (Fsp3) is 0.412. The predicted octanol–water partition coefficient (Wildman–Crippen LogP) is 2.91. The summed E-state index contributed by atoms with van der Waals surface area (Å²) in [5, 5.41) is 2.59. The molecule has 3 atom stereocenters. The van der Waals surface area contributed by atoms with Crippen molar-refractivity contribution >= 4 is 11.9 Å². The van der Waals surface area contributed by atoms with Crippen LogP contribution in [0.3, 0.4) is 0 Å². The first-order valence-corrected chi connectivity index (χ1v) is 7.82. The Balaban J connectivity index is 1.44. The van der Waals surface area contributed by atoms with Crippen molar-refractivity contribution < 1.29 is 19.0 Å². The number of hydrogen-bond acceptors (Lipinski definition) is 5. The van der Waals surface area contributed by atoms with Gasteiger partial charge in [-0.25, -0.2) is 9.78 Å². The number of ether oxygens (including phenoxy) is 3. The minimum Gasteiger partial charge on any atom is -0.457 e. The van der Waals surface area contributed by atoms with E-state index in [2.05, 4.69) is 29.4 Å². The van der Waals surface area contributed by atoms with Crippen molar-refractivity contribution in [3.8, 4) is 5.75 Å². The lowest BCUT2D eigenvalue weighted by atomic mass is 9.86. The number of aromatic nitrogens is 1. The summed E-state index contributed by atoms with van der Waals surface area (Å²) in [5.41, 5.74) is 1.94. The van der Waals surface area contributed by atoms with Crippen molar-refractivity contribution in [1.82, 2.24) is 4.98 Å². The highest BCUT2D eigenvalue weighted by molar-refractivity contribution is 5.86. The Morgan fingerprint density at radius 1 is 1.48 bits per heavy atom. The first-order chi connectivity index (χ1) is 11.1. The molecule has 1 aromatic heterocycles. The molecule has 5 rings (SSSR count). The Morgan fingerprint density at radius 3 is 3.30 bits per heavy atom. The Morgan fingerprint density at radius 2 is 2.39 bits per heavy atom.